The molecule has 7 heteroatoms. The van der Waals surface area contributed by atoms with Crippen LogP contribution in [0, 0.1) is 35.0 Å². The summed E-state index contributed by atoms with van der Waals surface area (Å²) in [4.78, 5) is 11.9. The monoisotopic (exact) mass is 380 g/mol. The molecule has 1 saturated carbocycles. The van der Waals surface area contributed by atoms with E-state index in [1.807, 2.05) is 6.92 Å². The Labute approximate surface area is 161 Å². The summed E-state index contributed by atoms with van der Waals surface area (Å²) in [6.45, 7) is 8.37. The van der Waals surface area contributed by atoms with Crippen LogP contribution in [0.2, 0.25) is 0 Å². The Hall–Kier alpha value is -0.750. The molecular formula is C20H32N2O5. The normalized spacial score (nSPS) is 48.5. The van der Waals surface area contributed by atoms with Crippen molar-refractivity contribution in [2.75, 3.05) is 19.7 Å². The highest BCUT2D eigenvalue weighted by Crippen LogP contribution is 2.60. The average Bonchev–Trinajstić information content (AvgIpc) is 2.88. The van der Waals surface area contributed by atoms with E-state index in [4.69, 9.17) is 29.2 Å². The summed E-state index contributed by atoms with van der Waals surface area (Å²) in [6.07, 6.45) is 3.85. The average molecular weight is 380 g/mol. The van der Waals surface area contributed by atoms with Gasteiger partial charge >= 0.3 is 0 Å². The van der Waals surface area contributed by atoms with Crippen molar-refractivity contribution in [1.82, 2.24) is 5.32 Å². The lowest BCUT2D eigenvalue weighted by atomic mass is 9.58. The third-order valence-corrected chi connectivity index (χ3v) is 7.07. The molecule has 5 fully saturated rings. The van der Waals surface area contributed by atoms with E-state index in [2.05, 4.69) is 25.2 Å². The number of rotatable bonds is 6. The first kappa shape index (κ1) is 19.6. The molecule has 27 heavy (non-hydrogen) atoms. The Kier molecular flexibility index (Phi) is 5.49. The molecule has 7 nitrogen and oxygen atoms in total. The van der Waals surface area contributed by atoms with Gasteiger partial charge in [0.05, 0.1) is 12.7 Å². The van der Waals surface area contributed by atoms with E-state index in [1.54, 1.807) is 0 Å². The van der Waals surface area contributed by atoms with Gasteiger partial charge in [0.2, 0.25) is 5.79 Å². The Morgan fingerprint density at radius 3 is 2.81 bits per heavy atom. The minimum Gasteiger partial charge on any atom is -0.351 e. The van der Waals surface area contributed by atoms with Crippen LogP contribution in [0.25, 0.3) is 0 Å². The number of hydrogen-bond donors (Lipinski definition) is 1. The third-order valence-electron chi connectivity index (χ3n) is 7.07. The number of nitriles is 1. The summed E-state index contributed by atoms with van der Waals surface area (Å²) in [5.74, 6) is 0.680. The zero-order valence-electron chi connectivity index (χ0n) is 16.6. The fraction of sp³-hybridized carbons (Fsp3) is 0.950. The zero-order valence-corrected chi connectivity index (χ0v) is 16.6. The maximum Gasteiger partial charge on any atom is 0.201 e. The van der Waals surface area contributed by atoms with Gasteiger partial charge in [-0.3, -0.25) is 0 Å². The second kappa shape index (κ2) is 7.58. The molecule has 0 radical (unpaired) electrons. The highest BCUT2D eigenvalue weighted by molar-refractivity contribution is 5.09. The van der Waals surface area contributed by atoms with E-state index in [0.717, 1.165) is 19.3 Å². The number of ether oxygens (including phenoxy) is 3. The molecule has 5 rings (SSSR count). The molecule has 4 heterocycles. The summed E-state index contributed by atoms with van der Waals surface area (Å²) in [6, 6.07) is 2.13. The summed E-state index contributed by atoms with van der Waals surface area (Å²) in [7, 11) is 0. The summed E-state index contributed by atoms with van der Waals surface area (Å²) < 4.78 is 18.7. The highest BCUT2D eigenvalue weighted by Gasteiger charge is 2.69. The largest absolute Gasteiger partial charge is 0.351 e. The van der Waals surface area contributed by atoms with Crippen LogP contribution in [0.3, 0.4) is 0 Å². The van der Waals surface area contributed by atoms with Gasteiger partial charge in [0, 0.05) is 37.8 Å². The number of fused-ring (bicyclic) bond motifs is 2. The molecule has 0 amide bonds. The van der Waals surface area contributed by atoms with E-state index >= 15 is 0 Å². The molecule has 1 N–H and O–H groups in total. The van der Waals surface area contributed by atoms with E-state index in [-0.39, 0.29) is 18.1 Å². The zero-order chi connectivity index (χ0) is 19.1. The van der Waals surface area contributed by atoms with E-state index in [0.29, 0.717) is 38.0 Å². The SMILES string of the molecule is C[C@H]1[C@@H](OCCNCCC#N)O[C@@H]2O[C@@]3(C)CC[C@H]4[C@H](C)CC[C@@H]1[C@@]24OO3. The molecule has 0 aromatic heterocycles. The fourth-order valence-electron chi connectivity index (χ4n) is 5.58. The molecule has 1 aliphatic carbocycles. The summed E-state index contributed by atoms with van der Waals surface area (Å²) in [5.41, 5.74) is -0.530. The minimum absolute atomic E-state index is 0.199. The van der Waals surface area contributed by atoms with Gasteiger partial charge < -0.3 is 19.5 Å². The van der Waals surface area contributed by atoms with Crippen molar-refractivity contribution in [3.63, 3.8) is 0 Å². The summed E-state index contributed by atoms with van der Waals surface area (Å²) in [5, 5.41) is 11.8. The lowest BCUT2D eigenvalue weighted by Crippen LogP contribution is -2.70. The quantitative estimate of drug-likeness (QED) is 0.560. The number of hydrogen-bond acceptors (Lipinski definition) is 7. The van der Waals surface area contributed by atoms with Crippen molar-refractivity contribution in [1.29, 1.82) is 5.26 Å². The van der Waals surface area contributed by atoms with Crippen molar-refractivity contribution >= 4 is 0 Å². The molecular weight excluding hydrogens is 348 g/mol. The highest BCUT2D eigenvalue weighted by atomic mass is 17.3. The predicted octanol–water partition coefficient (Wildman–Crippen LogP) is 2.71. The van der Waals surface area contributed by atoms with Crippen molar-refractivity contribution in [2.45, 2.75) is 76.8 Å². The van der Waals surface area contributed by atoms with Crippen LogP contribution < -0.4 is 5.32 Å². The van der Waals surface area contributed by atoms with Gasteiger partial charge in [-0.2, -0.15) is 5.26 Å². The summed E-state index contributed by atoms with van der Waals surface area (Å²) >= 11 is 0. The number of nitrogens with zero attached hydrogens (tertiary/aromatic N) is 1. The van der Waals surface area contributed by atoms with Crippen molar-refractivity contribution < 1.29 is 24.0 Å². The molecule has 0 unspecified atom stereocenters. The molecule has 4 aliphatic heterocycles. The third kappa shape index (κ3) is 3.31. The van der Waals surface area contributed by atoms with Crippen molar-refractivity contribution in [2.24, 2.45) is 23.7 Å². The Balaban J connectivity index is 1.48. The molecule has 8 atom stereocenters. The first-order chi connectivity index (χ1) is 13.0. The van der Waals surface area contributed by atoms with Crippen LogP contribution in [-0.2, 0) is 24.0 Å². The molecule has 0 aromatic carbocycles. The standard InChI is InChI=1S/C20H32N2O5/c1-13-5-6-16-14(2)17(23-12-11-22-10-4-9-21)24-18-20(16)15(13)7-8-19(3,25-18)26-27-20/h13-18,22H,4-8,10-12H2,1-3H3/t13-,14-,15+,16+,17+,18-,19-,20-/m1/s1. The predicted molar refractivity (Wildman–Crippen MR) is 95.9 cm³/mol. The Morgan fingerprint density at radius 2 is 2.00 bits per heavy atom. The minimum atomic E-state index is -0.749. The first-order valence-corrected chi connectivity index (χ1v) is 10.4. The smallest absolute Gasteiger partial charge is 0.201 e. The van der Waals surface area contributed by atoms with Gasteiger partial charge in [0.15, 0.2) is 18.2 Å². The lowest BCUT2D eigenvalue weighted by Gasteiger charge is -2.60. The molecule has 0 aromatic rings. The van der Waals surface area contributed by atoms with Crippen LogP contribution in [-0.4, -0.2) is 43.7 Å². The van der Waals surface area contributed by atoms with Crippen LogP contribution in [0.1, 0.15) is 52.9 Å². The van der Waals surface area contributed by atoms with Crippen molar-refractivity contribution in [3.8, 4) is 6.07 Å². The van der Waals surface area contributed by atoms with Gasteiger partial charge in [-0.05, 0) is 38.0 Å². The first-order valence-electron chi connectivity index (χ1n) is 10.4. The maximum absolute atomic E-state index is 8.59. The second-order valence-corrected chi connectivity index (χ2v) is 8.80. The Bertz CT molecular complexity index is 583. The van der Waals surface area contributed by atoms with E-state index < -0.39 is 17.7 Å². The molecule has 1 spiro atoms. The topological polar surface area (TPSA) is 82.0 Å². The molecule has 152 valence electrons. The van der Waals surface area contributed by atoms with Crippen LogP contribution in [0.4, 0.5) is 0 Å². The molecule has 5 aliphatic rings. The van der Waals surface area contributed by atoms with Gasteiger partial charge in [-0.1, -0.05) is 13.8 Å². The maximum atomic E-state index is 8.59. The number of nitrogens with one attached hydrogen (secondary N) is 1. The van der Waals surface area contributed by atoms with E-state index in [9.17, 15) is 0 Å². The fourth-order valence-corrected chi connectivity index (χ4v) is 5.58. The van der Waals surface area contributed by atoms with Crippen molar-refractivity contribution in [3.05, 3.63) is 0 Å². The van der Waals surface area contributed by atoms with Gasteiger partial charge in [-0.15, -0.1) is 0 Å². The van der Waals surface area contributed by atoms with Crippen LogP contribution in [0.15, 0.2) is 0 Å². The van der Waals surface area contributed by atoms with Gasteiger partial charge in [0.1, 0.15) is 0 Å². The lowest BCUT2D eigenvalue weighted by molar-refractivity contribution is -0.577. The van der Waals surface area contributed by atoms with Gasteiger partial charge in [-0.25, -0.2) is 9.78 Å². The van der Waals surface area contributed by atoms with Crippen LogP contribution >= 0.6 is 0 Å². The van der Waals surface area contributed by atoms with Crippen LogP contribution in [0.5, 0.6) is 0 Å². The van der Waals surface area contributed by atoms with Gasteiger partial charge in [0.25, 0.3) is 0 Å². The Morgan fingerprint density at radius 1 is 1.15 bits per heavy atom. The molecule has 4 saturated heterocycles. The molecule has 2 bridgehead atoms. The van der Waals surface area contributed by atoms with E-state index in [1.165, 1.54) is 6.42 Å². The second-order valence-electron chi connectivity index (χ2n) is 8.80.